The normalized spacial score (nSPS) is 10.9. The summed E-state index contributed by atoms with van der Waals surface area (Å²) in [7, 11) is 1.94. The second-order valence-corrected chi connectivity index (χ2v) is 7.25. The second kappa shape index (κ2) is 7.68. The van der Waals surface area contributed by atoms with Crippen LogP contribution in [-0.2, 0) is 13.6 Å². The van der Waals surface area contributed by atoms with Crippen molar-refractivity contribution in [2.24, 2.45) is 7.05 Å². The molecule has 0 spiro atoms. The summed E-state index contributed by atoms with van der Waals surface area (Å²) >= 11 is 0. The third-order valence-electron chi connectivity index (χ3n) is 5.33. The molecule has 0 radical (unpaired) electrons. The largest absolute Gasteiger partial charge is 0.378 e. The molecule has 0 atom stereocenters. The lowest BCUT2D eigenvalue weighted by Gasteiger charge is -2.14. The molecule has 0 aliphatic carbocycles. The van der Waals surface area contributed by atoms with Gasteiger partial charge >= 0.3 is 0 Å². The Labute approximate surface area is 171 Å². The molecule has 4 aromatic rings. The summed E-state index contributed by atoms with van der Waals surface area (Å²) < 4.78 is 4.00. The van der Waals surface area contributed by atoms with Crippen LogP contribution in [0.1, 0.15) is 28.1 Å². The molecule has 5 nitrogen and oxygen atoms in total. The molecule has 0 saturated carbocycles. The summed E-state index contributed by atoms with van der Waals surface area (Å²) in [5.74, 6) is 0. The smallest absolute Gasteiger partial charge is 0.160 e. The van der Waals surface area contributed by atoms with Crippen molar-refractivity contribution in [2.45, 2.75) is 34.2 Å². The van der Waals surface area contributed by atoms with Crippen LogP contribution in [0.5, 0.6) is 0 Å². The predicted octanol–water partition coefficient (Wildman–Crippen LogP) is 5.00. The lowest BCUT2D eigenvalue weighted by Crippen LogP contribution is -2.05. The quantitative estimate of drug-likeness (QED) is 0.528. The van der Waals surface area contributed by atoms with Crippen molar-refractivity contribution < 1.29 is 0 Å². The Bertz CT molecular complexity index is 1120. The Balaban J connectivity index is 0.00000225. The summed E-state index contributed by atoms with van der Waals surface area (Å²) in [6, 6.07) is 8.60. The molecule has 3 aromatic heterocycles. The van der Waals surface area contributed by atoms with Crippen LogP contribution in [-0.4, -0.2) is 19.2 Å². The molecular weight excluding hydrogens is 370 g/mol. The molecule has 1 aromatic carbocycles. The van der Waals surface area contributed by atoms with Crippen molar-refractivity contribution >= 4 is 23.7 Å². The van der Waals surface area contributed by atoms with E-state index in [0.29, 0.717) is 0 Å². The topological polar surface area (TPSA) is 47.2 Å². The SMILES string of the molecule is Cc1cccc(C)c1CNc1cc(-c2cnn(C)c2)cn2c(C)c(C)nc12.Cl. The van der Waals surface area contributed by atoms with Crippen LogP contribution >= 0.6 is 12.4 Å². The number of nitrogens with zero attached hydrogens (tertiary/aromatic N) is 4. The van der Waals surface area contributed by atoms with Gasteiger partial charge in [-0.1, -0.05) is 18.2 Å². The van der Waals surface area contributed by atoms with Crippen LogP contribution in [0.3, 0.4) is 0 Å². The fourth-order valence-corrected chi connectivity index (χ4v) is 3.54. The van der Waals surface area contributed by atoms with E-state index >= 15 is 0 Å². The average molecular weight is 396 g/mol. The Hall–Kier alpha value is -2.79. The lowest BCUT2D eigenvalue weighted by atomic mass is 10.0. The average Bonchev–Trinajstić information content (AvgIpc) is 3.19. The zero-order chi connectivity index (χ0) is 19.1. The van der Waals surface area contributed by atoms with Gasteiger partial charge in [-0.2, -0.15) is 5.10 Å². The van der Waals surface area contributed by atoms with Crippen molar-refractivity contribution in [3.05, 3.63) is 70.9 Å². The lowest BCUT2D eigenvalue weighted by molar-refractivity contribution is 0.768. The van der Waals surface area contributed by atoms with E-state index in [9.17, 15) is 0 Å². The number of hydrogen-bond acceptors (Lipinski definition) is 3. The van der Waals surface area contributed by atoms with Gasteiger partial charge in [-0.05, 0) is 50.5 Å². The summed E-state index contributed by atoms with van der Waals surface area (Å²) in [5, 5.41) is 7.95. The Morgan fingerprint density at radius 3 is 2.36 bits per heavy atom. The maximum atomic E-state index is 4.79. The maximum Gasteiger partial charge on any atom is 0.160 e. The van der Waals surface area contributed by atoms with Gasteiger partial charge in [0, 0.05) is 42.8 Å². The van der Waals surface area contributed by atoms with E-state index in [1.165, 1.54) is 16.7 Å². The maximum absolute atomic E-state index is 4.79. The van der Waals surface area contributed by atoms with Crippen LogP contribution in [0, 0.1) is 27.7 Å². The second-order valence-electron chi connectivity index (χ2n) is 7.25. The van der Waals surface area contributed by atoms with Gasteiger partial charge in [-0.3, -0.25) is 4.68 Å². The third kappa shape index (κ3) is 3.50. The highest BCUT2D eigenvalue weighted by atomic mass is 35.5. The minimum Gasteiger partial charge on any atom is -0.378 e. The molecule has 0 bridgehead atoms. The third-order valence-corrected chi connectivity index (χ3v) is 5.33. The molecule has 0 aliphatic heterocycles. The van der Waals surface area contributed by atoms with Crippen molar-refractivity contribution in [3.63, 3.8) is 0 Å². The van der Waals surface area contributed by atoms with Crippen molar-refractivity contribution in [3.8, 4) is 11.1 Å². The van der Waals surface area contributed by atoms with Gasteiger partial charge in [0.15, 0.2) is 5.65 Å². The summed E-state index contributed by atoms with van der Waals surface area (Å²) in [6.45, 7) is 9.26. The molecule has 0 unspecified atom stereocenters. The molecule has 4 rings (SSSR count). The van der Waals surface area contributed by atoms with E-state index in [1.807, 2.05) is 24.1 Å². The molecule has 0 saturated heterocycles. The number of halogens is 1. The van der Waals surface area contributed by atoms with Crippen molar-refractivity contribution in [1.29, 1.82) is 0 Å². The van der Waals surface area contributed by atoms with Crippen LogP contribution in [0.25, 0.3) is 16.8 Å². The molecule has 0 fully saturated rings. The summed E-state index contributed by atoms with van der Waals surface area (Å²) in [4.78, 5) is 4.79. The van der Waals surface area contributed by atoms with Crippen LogP contribution in [0.4, 0.5) is 5.69 Å². The van der Waals surface area contributed by atoms with Crippen molar-refractivity contribution in [2.75, 3.05) is 5.32 Å². The monoisotopic (exact) mass is 395 g/mol. The van der Waals surface area contributed by atoms with Gasteiger partial charge in [0.1, 0.15) is 0 Å². The minimum absolute atomic E-state index is 0. The fraction of sp³-hybridized carbons (Fsp3) is 0.273. The predicted molar refractivity (Wildman–Crippen MR) is 117 cm³/mol. The van der Waals surface area contributed by atoms with E-state index in [-0.39, 0.29) is 12.4 Å². The Morgan fingerprint density at radius 1 is 1.00 bits per heavy atom. The summed E-state index contributed by atoms with van der Waals surface area (Å²) in [6.07, 6.45) is 6.08. The van der Waals surface area contributed by atoms with E-state index in [0.717, 1.165) is 40.4 Å². The van der Waals surface area contributed by atoms with E-state index < -0.39 is 0 Å². The number of benzene rings is 1. The van der Waals surface area contributed by atoms with E-state index in [1.54, 1.807) is 0 Å². The highest BCUT2D eigenvalue weighted by Crippen LogP contribution is 2.28. The number of hydrogen-bond donors (Lipinski definition) is 1. The van der Waals surface area contributed by atoms with Crippen molar-refractivity contribution in [1.82, 2.24) is 19.2 Å². The molecule has 6 heteroatoms. The highest BCUT2D eigenvalue weighted by Gasteiger charge is 2.13. The van der Waals surface area contributed by atoms with Crippen LogP contribution in [0.15, 0.2) is 42.9 Å². The number of aromatic nitrogens is 4. The summed E-state index contributed by atoms with van der Waals surface area (Å²) in [5.41, 5.74) is 10.4. The first-order valence-corrected chi connectivity index (χ1v) is 9.21. The first kappa shape index (κ1) is 20.0. The van der Waals surface area contributed by atoms with Gasteiger partial charge in [0.05, 0.1) is 17.6 Å². The van der Waals surface area contributed by atoms with Gasteiger partial charge in [0.25, 0.3) is 0 Å². The molecule has 0 aliphatic rings. The number of nitrogens with one attached hydrogen (secondary N) is 1. The van der Waals surface area contributed by atoms with Crippen LogP contribution < -0.4 is 5.32 Å². The molecular formula is C22H26ClN5. The molecule has 146 valence electrons. The standard InChI is InChI=1S/C22H25N5.ClH/c1-14-7-6-8-15(2)20(14)11-23-21-9-18(19-10-24-26(5)12-19)13-27-17(4)16(3)25-22(21)27;/h6-10,12-13,23H,11H2,1-5H3;1H. The number of rotatable bonds is 4. The molecule has 28 heavy (non-hydrogen) atoms. The van der Waals surface area contributed by atoms with Crippen LogP contribution in [0.2, 0.25) is 0 Å². The zero-order valence-corrected chi connectivity index (χ0v) is 17.8. The number of fused-ring (bicyclic) bond motifs is 1. The number of anilines is 1. The first-order valence-electron chi connectivity index (χ1n) is 9.21. The van der Waals surface area contributed by atoms with Gasteiger partial charge in [-0.15, -0.1) is 12.4 Å². The van der Waals surface area contributed by atoms with E-state index in [4.69, 9.17) is 4.98 Å². The Kier molecular flexibility index (Phi) is 5.47. The van der Waals surface area contributed by atoms with Gasteiger partial charge in [0.2, 0.25) is 0 Å². The first-order chi connectivity index (χ1) is 12.9. The van der Waals surface area contributed by atoms with Gasteiger partial charge in [-0.25, -0.2) is 4.98 Å². The number of aryl methyl sites for hydroxylation is 5. The number of imidazole rings is 1. The molecule has 0 amide bonds. The Morgan fingerprint density at radius 2 is 1.71 bits per heavy atom. The van der Waals surface area contributed by atoms with E-state index in [2.05, 4.69) is 73.0 Å². The fourth-order valence-electron chi connectivity index (χ4n) is 3.54. The molecule has 3 heterocycles. The highest BCUT2D eigenvalue weighted by molar-refractivity contribution is 5.85. The molecule has 1 N–H and O–H groups in total. The van der Waals surface area contributed by atoms with Gasteiger partial charge < -0.3 is 9.72 Å². The number of pyridine rings is 1. The zero-order valence-electron chi connectivity index (χ0n) is 16.9. The minimum atomic E-state index is 0.